The fourth-order valence-electron chi connectivity index (χ4n) is 4.56. The molecule has 0 bridgehead atoms. The lowest BCUT2D eigenvalue weighted by Gasteiger charge is -2.39. The van der Waals surface area contributed by atoms with Crippen LogP contribution in [0.4, 0.5) is 0 Å². The van der Waals surface area contributed by atoms with E-state index in [1.165, 1.54) is 12.8 Å². The minimum atomic E-state index is -1.36. The first-order chi connectivity index (χ1) is 9.59. The van der Waals surface area contributed by atoms with Crippen molar-refractivity contribution in [3.05, 3.63) is 23.5 Å². The Morgan fingerprint density at radius 3 is 2.35 bits per heavy atom. The summed E-state index contributed by atoms with van der Waals surface area (Å²) in [7, 11) is 0. The fourth-order valence-corrected chi connectivity index (χ4v) is 4.56. The van der Waals surface area contributed by atoms with Crippen LogP contribution in [0, 0.1) is 23.7 Å². The summed E-state index contributed by atoms with van der Waals surface area (Å²) in [6.45, 7) is 0. The Bertz CT molecular complexity index is 501. The largest absolute Gasteiger partial charge is 0.502 e. The summed E-state index contributed by atoms with van der Waals surface area (Å²) in [6, 6.07) is 0. The van der Waals surface area contributed by atoms with E-state index in [0.29, 0.717) is 11.8 Å². The van der Waals surface area contributed by atoms with E-state index >= 15 is 0 Å². The molecule has 0 aromatic heterocycles. The molecule has 3 saturated carbocycles. The number of rotatable bonds is 2. The molecule has 3 rings (SSSR count). The maximum atomic E-state index is 12.5. The standard InChI is InChI=1S/C16H20O4/c17-13(16(19)20)8-7-11-10-5-1-3-9-4-2-6-12(14(9)10)15(11)18/h7-10,12,14,17H,1-6H2,(H,19,20). The van der Waals surface area contributed by atoms with Gasteiger partial charge in [-0.2, -0.15) is 0 Å². The molecule has 4 heteroatoms. The number of allylic oxidation sites excluding steroid dienone is 3. The molecule has 4 nitrogen and oxygen atoms in total. The van der Waals surface area contributed by atoms with Gasteiger partial charge < -0.3 is 10.2 Å². The van der Waals surface area contributed by atoms with Crippen LogP contribution in [0.2, 0.25) is 0 Å². The minimum absolute atomic E-state index is 0.144. The molecule has 0 saturated heterocycles. The van der Waals surface area contributed by atoms with Gasteiger partial charge in [0.25, 0.3) is 0 Å². The van der Waals surface area contributed by atoms with Crippen molar-refractivity contribution in [1.29, 1.82) is 0 Å². The summed E-state index contributed by atoms with van der Waals surface area (Å²) in [4.78, 5) is 23.2. The Morgan fingerprint density at radius 1 is 1.05 bits per heavy atom. The van der Waals surface area contributed by atoms with Crippen molar-refractivity contribution in [2.24, 2.45) is 23.7 Å². The first kappa shape index (κ1) is 13.4. The fraction of sp³-hybridized carbons (Fsp3) is 0.625. The van der Waals surface area contributed by atoms with E-state index in [1.54, 1.807) is 6.08 Å². The average Bonchev–Trinajstić information content (AvgIpc) is 2.72. The van der Waals surface area contributed by atoms with Gasteiger partial charge in [-0.05, 0) is 42.2 Å². The Morgan fingerprint density at radius 2 is 1.70 bits per heavy atom. The van der Waals surface area contributed by atoms with Gasteiger partial charge in [0.2, 0.25) is 5.76 Å². The van der Waals surface area contributed by atoms with Crippen LogP contribution in [0.1, 0.15) is 38.5 Å². The highest BCUT2D eigenvalue weighted by atomic mass is 16.4. The average molecular weight is 276 g/mol. The van der Waals surface area contributed by atoms with Gasteiger partial charge in [-0.25, -0.2) is 4.79 Å². The Labute approximate surface area is 118 Å². The maximum Gasteiger partial charge on any atom is 0.370 e. The summed E-state index contributed by atoms with van der Waals surface area (Å²) < 4.78 is 0. The van der Waals surface area contributed by atoms with Gasteiger partial charge in [0.05, 0.1) is 0 Å². The molecule has 4 unspecified atom stereocenters. The van der Waals surface area contributed by atoms with E-state index in [4.69, 9.17) is 5.11 Å². The van der Waals surface area contributed by atoms with E-state index < -0.39 is 11.7 Å². The number of carboxylic acid groups (broad SMARTS) is 1. The number of hydrogen-bond donors (Lipinski definition) is 2. The van der Waals surface area contributed by atoms with Gasteiger partial charge in [-0.3, -0.25) is 4.79 Å². The van der Waals surface area contributed by atoms with Crippen LogP contribution in [-0.2, 0) is 9.59 Å². The van der Waals surface area contributed by atoms with Crippen molar-refractivity contribution >= 4 is 11.8 Å². The normalized spacial score (nSPS) is 38.9. The van der Waals surface area contributed by atoms with Gasteiger partial charge in [0.15, 0.2) is 5.78 Å². The Kier molecular flexibility index (Phi) is 3.40. The van der Waals surface area contributed by atoms with Gasteiger partial charge in [-0.1, -0.05) is 31.8 Å². The van der Waals surface area contributed by atoms with Gasteiger partial charge in [0.1, 0.15) is 0 Å². The third-order valence-corrected chi connectivity index (χ3v) is 5.31. The van der Waals surface area contributed by atoms with Crippen LogP contribution in [0.5, 0.6) is 0 Å². The summed E-state index contributed by atoms with van der Waals surface area (Å²) in [5.74, 6) is -0.300. The summed E-state index contributed by atoms with van der Waals surface area (Å²) >= 11 is 0. The third kappa shape index (κ3) is 2.07. The molecule has 3 aliphatic rings. The number of aliphatic hydroxyl groups is 1. The summed E-state index contributed by atoms with van der Waals surface area (Å²) in [6.07, 6.45) is 9.46. The van der Waals surface area contributed by atoms with Crippen molar-refractivity contribution in [2.45, 2.75) is 38.5 Å². The van der Waals surface area contributed by atoms with E-state index in [-0.39, 0.29) is 17.6 Å². The van der Waals surface area contributed by atoms with Gasteiger partial charge >= 0.3 is 5.97 Å². The second-order valence-electron chi connectivity index (χ2n) is 6.26. The molecule has 20 heavy (non-hydrogen) atoms. The number of aliphatic hydroxyl groups excluding tert-OH is 1. The van der Waals surface area contributed by atoms with E-state index in [9.17, 15) is 14.7 Å². The zero-order valence-electron chi connectivity index (χ0n) is 11.4. The molecular weight excluding hydrogens is 256 g/mol. The molecule has 4 atom stereocenters. The highest BCUT2D eigenvalue weighted by Gasteiger charge is 2.51. The molecule has 3 aliphatic carbocycles. The van der Waals surface area contributed by atoms with E-state index in [1.807, 2.05) is 0 Å². The molecule has 3 fully saturated rings. The SMILES string of the molecule is O=C(O)C(O)=CC=C1C(=O)C2CCCC3CCCC1C32. The lowest BCUT2D eigenvalue weighted by atomic mass is 9.64. The monoisotopic (exact) mass is 276 g/mol. The first-order valence-electron chi connectivity index (χ1n) is 7.48. The number of hydrogen-bond acceptors (Lipinski definition) is 3. The highest BCUT2D eigenvalue weighted by molar-refractivity contribution is 6.01. The maximum absolute atomic E-state index is 12.5. The van der Waals surface area contributed by atoms with Crippen molar-refractivity contribution in [3.63, 3.8) is 0 Å². The number of Topliss-reactive ketones (excluding diaryl/α,β-unsaturated/α-hetero) is 1. The molecule has 0 aromatic rings. The minimum Gasteiger partial charge on any atom is -0.502 e. The summed E-state index contributed by atoms with van der Waals surface area (Å²) in [5, 5.41) is 17.9. The number of carbonyl (C=O) groups excluding carboxylic acids is 1. The first-order valence-corrected chi connectivity index (χ1v) is 7.48. The predicted octanol–water partition coefficient (Wildman–Crippen LogP) is 2.85. The zero-order valence-corrected chi connectivity index (χ0v) is 11.4. The van der Waals surface area contributed by atoms with Crippen LogP contribution in [0.25, 0.3) is 0 Å². The molecule has 0 radical (unpaired) electrons. The Balaban J connectivity index is 1.92. The van der Waals surface area contributed by atoms with Crippen molar-refractivity contribution < 1.29 is 19.8 Å². The second kappa shape index (κ2) is 5.08. The molecular formula is C16H20O4. The lowest BCUT2D eigenvalue weighted by molar-refractivity contribution is -0.135. The predicted molar refractivity (Wildman–Crippen MR) is 73.1 cm³/mol. The second-order valence-corrected chi connectivity index (χ2v) is 6.26. The van der Waals surface area contributed by atoms with Crippen LogP contribution in [0.3, 0.4) is 0 Å². The van der Waals surface area contributed by atoms with Gasteiger partial charge in [-0.15, -0.1) is 0 Å². The molecule has 0 heterocycles. The van der Waals surface area contributed by atoms with Crippen LogP contribution in [0.15, 0.2) is 23.5 Å². The number of carboxylic acids is 1. The quantitative estimate of drug-likeness (QED) is 0.600. The van der Waals surface area contributed by atoms with Crippen molar-refractivity contribution in [2.75, 3.05) is 0 Å². The molecule has 0 amide bonds. The lowest BCUT2D eigenvalue weighted by Crippen LogP contribution is -2.33. The molecule has 2 N–H and O–H groups in total. The number of ketones is 1. The van der Waals surface area contributed by atoms with Crippen LogP contribution in [-0.4, -0.2) is 22.0 Å². The van der Waals surface area contributed by atoms with E-state index in [0.717, 1.165) is 37.3 Å². The third-order valence-electron chi connectivity index (χ3n) is 5.31. The number of aliphatic carboxylic acids is 1. The summed E-state index contributed by atoms with van der Waals surface area (Å²) in [5.41, 5.74) is 0.749. The van der Waals surface area contributed by atoms with Crippen LogP contribution >= 0.6 is 0 Å². The Hall–Kier alpha value is -1.58. The topological polar surface area (TPSA) is 74.6 Å². The molecule has 0 aliphatic heterocycles. The van der Waals surface area contributed by atoms with Crippen LogP contribution < -0.4 is 0 Å². The van der Waals surface area contributed by atoms with Crippen molar-refractivity contribution in [3.8, 4) is 0 Å². The van der Waals surface area contributed by atoms with Crippen molar-refractivity contribution in [1.82, 2.24) is 0 Å². The highest BCUT2D eigenvalue weighted by Crippen LogP contribution is 2.55. The molecule has 0 spiro atoms. The van der Waals surface area contributed by atoms with E-state index in [2.05, 4.69) is 0 Å². The molecule has 108 valence electrons. The van der Waals surface area contributed by atoms with Gasteiger partial charge in [0, 0.05) is 5.92 Å². The molecule has 0 aromatic carbocycles. The zero-order chi connectivity index (χ0) is 14.3. The smallest absolute Gasteiger partial charge is 0.370 e. The number of carbonyl (C=O) groups is 2.